The molecule has 8 nitrogen and oxygen atoms in total. The molecule has 2 heterocycles. The number of carbonyl (C=O) groups excluding carboxylic acids is 1. The molecule has 1 aliphatic rings. The fourth-order valence-corrected chi connectivity index (χ4v) is 2.03. The quantitative estimate of drug-likeness (QED) is 0.511. The third-order valence-electron chi connectivity index (χ3n) is 3.10. The van der Waals surface area contributed by atoms with E-state index in [2.05, 4.69) is 5.10 Å². The summed E-state index contributed by atoms with van der Waals surface area (Å²) < 4.78 is 19.5. The molecule has 0 spiro atoms. The highest BCUT2D eigenvalue weighted by molar-refractivity contribution is 5.90. The normalized spacial score (nSPS) is 34.7. The average molecular weight is 275 g/mol. The van der Waals surface area contributed by atoms with E-state index in [1.54, 1.807) is 0 Å². The van der Waals surface area contributed by atoms with E-state index < -0.39 is 48.1 Å². The van der Waals surface area contributed by atoms with Gasteiger partial charge in [0.2, 0.25) is 0 Å². The lowest BCUT2D eigenvalue weighted by atomic mass is 9.97. The maximum absolute atomic E-state index is 13.4. The van der Waals surface area contributed by atoms with Crippen LogP contribution < -0.4 is 5.73 Å². The van der Waals surface area contributed by atoms with Gasteiger partial charge in [0.1, 0.15) is 17.8 Å². The second-order valence-electron chi connectivity index (χ2n) is 4.55. The van der Waals surface area contributed by atoms with Crippen molar-refractivity contribution in [1.82, 2.24) is 9.78 Å². The summed E-state index contributed by atoms with van der Waals surface area (Å²) in [6.45, 7) is 0.724. The zero-order valence-corrected chi connectivity index (χ0v) is 10.0. The number of aliphatic hydroxyl groups excluding tert-OH is 2. The summed E-state index contributed by atoms with van der Waals surface area (Å²) >= 11 is 0. The van der Waals surface area contributed by atoms with E-state index in [1.807, 2.05) is 0 Å². The lowest BCUT2D eigenvalue weighted by molar-refractivity contribution is -0.102. The topological polar surface area (TPSA) is 131 Å². The molecule has 1 amide bonds. The largest absolute Gasteiger partial charge is 0.394 e. The minimum absolute atomic E-state index is 0.528. The van der Waals surface area contributed by atoms with Crippen molar-refractivity contribution in [1.29, 1.82) is 0 Å². The van der Waals surface area contributed by atoms with Crippen LogP contribution in [0, 0.1) is 5.82 Å². The molecule has 2 rings (SSSR count). The first-order valence-electron chi connectivity index (χ1n) is 5.50. The van der Waals surface area contributed by atoms with E-state index in [4.69, 9.17) is 15.6 Å². The Balaban J connectivity index is 2.37. The summed E-state index contributed by atoms with van der Waals surface area (Å²) in [5.74, 6) is -2.03. The maximum Gasteiger partial charge on any atom is 0.272 e. The van der Waals surface area contributed by atoms with Gasteiger partial charge in [-0.15, -0.1) is 0 Å². The van der Waals surface area contributed by atoms with Gasteiger partial charge in [-0.2, -0.15) is 5.10 Å². The maximum atomic E-state index is 13.4. The molecule has 1 aromatic heterocycles. The highest BCUT2D eigenvalue weighted by atomic mass is 19.1. The Morgan fingerprint density at radius 3 is 2.79 bits per heavy atom. The van der Waals surface area contributed by atoms with Crippen LogP contribution in [-0.2, 0) is 4.74 Å². The van der Waals surface area contributed by atoms with E-state index in [1.165, 1.54) is 6.92 Å². The van der Waals surface area contributed by atoms with Crippen LogP contribution >= 0.6 is 0 Å². The van der Waals surface area contributed by atoms with Crippen LogP contribution in [0.1, 0.15) is 23.6 Å². The molecule has 0 aromatic carbocycles. The number of primary amides is 1. The van der Waals surface area contributed by atoms with Gasteiger partial charge < -0.3 is 25.8 Å². The number of nitrogens with two attached hydrogens (primary N) is 1. The van der Waals surface area contributed by atoms with Gasteiger partial charge >= 0.3 is 0 Å². The molecule has 5 N–H and O–H groups in total. The number of rotatable bonds is 3. The van der Waals surface area contributed by atoms with Gasteiger partial charge in [0.05, 0.1) is 12.8 Å². The third-order valence-corrected chi connectivity index (χ3v) is 3.10. The van der Waals surface area contributed by atoms with E-state index in [0.717, 1.165) is 10.9 Å². The Kier molecular flexibility index (Phi) is 3.31. The predicted molar refractivity (Wildman–Crippen MR) is 58.3 cm³/mol. The smallest absolute Gasteiger partial charge is 0.272 e. The molecule has 9 heteroatoms. The second kappa shape index (κ2) is 4.53. The molecule has 19 heavy (non-hydrogen) atoms. The van der Waals surface area contributed by atoms with Gasteiger partial charge in [0.25, 0.3) is 5.91 Å². The summed E-state index contributed by atoms with van der Waals surface area (Å²) in [5.41, 5.74) is 2.53. The number of amides is 1. The van der Waals surface area contributed by atoms with Crippen molar-refractivity contribution in [3.05, 3.63) is 17.7 Å². The molecule has 0 saturated carbocycles. The Hall–Kier alpha value is -1.55. The van der Waals surface area contributed by atoms with Crippen LogP contribution in [0.25, 0.3) is 0 Å². The molecule has 0 radical (unpaired) electrons. The van der Waals surface area contributed by atoms with Gasteiger partial charge in [-0.05, 0) is 6.92 Å². The van der Waals surface area contributed by atoms with E-state index >= 15 is 0 Å². The van der Waals surface area contributed by atoms with Crippen LogP contribution in [0.4, 0.5) is 4.39 Å². The fraction of sp³-hybridized carbons (Fsp3) is 0.600. The molecular weight excluding hydrogens is 261 g/mol. The number of aliphatic hydroxyl groups is 3. The summed E-state index contributed by atoms with van der Waals surface area (Å²) in [6, 6.07) is 0. The lowest BCUT2D eigenvalue weighted by Gasteiger charge is -2.26. The summed E-state index contributed by atoms with van der Waals surface area (Å²) in [7, 11) is 0. The van der Waals surface area contributed by atoms with Crippen LogP contribution in [0.2, 0.25) is 0 Å². The van der Waals surface area contributed by atoms with Gasteiger partial charge in [0, 0.05) is 0 Å². The zero-order valence-electron chi connectivity index (χ0n) is 10.0. The highest BCUT2D eigenvalue weighted by Crippen LogP contribution is 2.37. The van der Waals surface area contributed by atoms with Crippen molar-refractivity contribution in [2.45, 2.75) is 31.0 Å². The number of carbonyl (C=O) groups is 1. The van der Waals surface area contributed by atoms with Crippen LogP contribution in [0.3, 0.4) is 0 Å². The molecular formula is C10H14FN3O5. The zero-order chi connectivity index (χ0) is 14.4. The molecule has 0 aliphatic carbocycles. The van der Waals surface area contributed by atoms with Crippen molar-refractivity contribution in [2.75, 3.05) is 6.61 Å². The Morgan fingerprint density at radius 1 is 1.74 bits per heavy atom. The summed E-state index contributed by atoms with van der Waals surface area (Å²) in [4.78, 5) is 10.9. The Morgan fingerprint density at radius 2 is 2.37 bits per heavy atom. The molecule has 1 saturated heterocycles. The van der Waals surface area contributed by atoms with Crippen molar-refractivity contribution >= 4 is 5.91 Å². The summed E-state index contributed by atoms with van der Waals surface area (Å²) in [6.07, 6.45) is -2.84. The SMILES string of the molecule is CC1(O)C(O)[C@@H](CO)O[C@H]1n1cc(F)c(C(N)=O)n1. The molecule has 106 valence electrons. The minimum Gasteiger partial charge on any atom is -0.394 e. The minimum atomic E-state index is -1.80. The molecule has 4 atom stereocenters. The standard InChI is InChI=1S/C10H14FN3O5/c1-10(18)7(16)5(3-15)19-9(10)14-2-4(11)6(13-14)8(12)17/h2,5,7,9,15-16,18H,3H2,1H3,(H2,12,17)/t5-,7?,9-,10?/m1/s1. The number of hydrogen-bond donors (Lipinski definition) is 4. The molecule has 1 aromatic rings. The lowest BCUT2D eigenvalue weighted by Crippen LogP contribution is -2.44. The van der Waals surface area contributed by atoms with Gasteiger partial charge in [0.15, 0.2) is 17.7 Å². The van der Waals surface area contributed by atoms with E-state index in [9.17, 15) is 19.4 Å². The summed E-state index contributed by atoms with van der Waals surface area (Å²) in [5, 5.41) is 32.5. The van der Waals surface area contributed by atoms with Crippen molar-refractivity contribution in [3.8, 4) is 0 Å². The Bertz CT molecular complexity index is 503. The van der Waals surface area contributed by atoms with E-state index in [0.29, 0.717) is 0 Å². The van der Waals surface area contributed by atoms with Gasteiger partial charge in [-0.1, -0.05) is 0 Å². The number of halogens is 1. The number of nitrogens with zero attached hydrogens (tertiary/aromatic N) is 2. The van der Waals surface area contributed by atoms with Crippen molar-refractivity contribution < 1.29 is 29.2 Å². The number of aromatic nitrogens is 2. The first-order valence-corrected chi connectivity index (χ1v) is 5.50. The molecule has 1 aliphatic heterocycles. The highest BCUT2D eigenvalue weighted by Gasteiger charge is 2.53. The second-order valence-corrected chi connectivity index (χ2v) is 4.55. The predicted octanol–water partition coefficient (Wildman–Crippen LogP) is -1.88. The van der Waals surface area contributed by atoms with Gasteiger partial charge in [-0.3, -0.25) is 4.79 Å². The molecule has 0 bridgehead atoms. The van der Waals surface area contributed by atoms with Crippen LogP contribution in [0.15, 0.2) is 6.20 Å². The first kappa shape index (κ1) is 13.9. The molecule has 2 unspecified atom stereocenters. The monoisotopic (exact) mass is 275 g/mol. The fourth-order valence-electron chi connectivity index (χ4n) is 2.03. The van der Waals surface area contributed by atoms with Gasteiger partial charge in [-0.25, -0.2) is 9.07 Å². The third kappa shape index (κ3) is 2.10. The van der Waals surface area contributed by atoms with Crippen LogP contribution in [0.5, 0.6) is 0 Å². The molecule has 1 fully saturated rings. The first-order chi connectivity index (χ1) is 8.78. The Labute approximate surface area is 107 Å². The number of hydrogen-bond acceptors (Lipinski definition) is 6. The van der Waals surface area contributed by atoms with Crippen LogP contribution in [-0.4, -0.2) is 55.4 Å². The van der Waals surface area contributed by atoms with Crippen molar-refractivity contribution in [3.63, 3.8) is 0 Å². The van der Waals surface area contributed by atoms with E-state index in [-0.39, 0.29) is 0 Å². The van der Waals surface area contributed by atoms with Crippen molar-refractivity contribution in [2.24, 2.45) is 5.73 Å². The number of ether oxygens (including phenoxy) is 1. The average Bonchev–Trinajstić information content (AvgIpc) is 2.80.